The minimum Gasteiger partial charge on any atom is -0.444 e. The molecule has 0 atom stereocenters. The van der Waals surface area contributed by atoms with E-state index < -0.39 is 17.6 Å². The highest BCUT2D eigenvalue weighted by molar-refractivity contribution is 6.31. The van der Waals surface area contributed by atoms with Crippen LogP contribution in [0.4, 0.5) is 4.79 Å². The van der Waals surface area contributed by atoms with Gasteiger partial charge >= 0.3 is 6.09 Å². The number of aromatic amines is 1. The maximum atomic E-state index is 12.4. The maximum absolute atomic E-state index is 12.4. The number of rotatable bonds is 3. The Bertz CT molecular complexity index is 942. The van der Waals surface area contributed by atoms with Gasteiger partial charge in [-0.1, -0.05) is 11.6 Å². The number of hydrogen-bond donors (Lipinski definition) is 4. The Hall–Kier alpha value is -2.74. The van der Waals surface area contributed by atoms with Crippen LogP contribution in [-0.4, -0.2) is 34.5 Å². The number of alkyl carbamates (subject to hydrolysis) is 1. The summed E-state index contributed by atoms with van der Waals surface area (Å²) in [5.74, 6) is -0.891. The molecule has 1 aliphatic rings. The number of aromatic nitrogens is 1. The molecule has 0 saturated heterocycles. The van der Waals surface area contributed by atoms with Crippen LogP contribution in [0.3, 0.4) is 0 Å². The third-order valence-corrected chi connectivity index (χ3v) is 5.18. The fourth-order valence-corrected chi connectivity index (χ4v) is 3.67. The van der Waals surface area contributed by atoms with Crippen molar-refractivity contribution in [3.8, 4) is 0 Å². The van der Waals surface area contributed by atoms with Crippen molar-refractivity contribution >= 4 is 40.4 Å². The molecule has 2 aromatic rings. The molecule has 0 bridgehead atoms. The van der Waals surface area contributed by atoms with E-state index in [1.54, 1.807) is 24.3 Å². The van der Waals surface area contributed by atoms with Gasteiger partial charge in [0, 0.05) is 27.9 Å². The van der Waals surface area contributed by atoms with Crippen LogP contribution in [0.25, 0.3) is 10.9 Å². The zero-order chi connectivity index (χ0) is 21.9. The second-order valence-electron chi connectivity index (χ2n) is 8.55. The average Bonchev–Trinajstić information content (AvgIpc) is 3.08. The predicted molar refractivity (Wildman–Crippen MR) is 114 cm³/mol. The smallest absolute Gasteiger partial charge is 0.407 e. The first kappa shape index (κ1) is 22.0. The van der Waals surface area contributed by atoms with Gasteiger partial charge in [-0.05, 0) is 70.7 Å². The van der Waals surface area contributed by atoms with E-state index >= 15 is 0 Å². The van der Waals surface area contributed by atoms with Gasteiger partial charge in [-0.15, -0.1) is 0 Å². The van der Waals surface area contributed by atoms with Crippen molar-refractivity contribution in [1.82, 2.24) is 21.2 Å². The van der Waals surface area contributed by atoms with E-state index in [4.69, 9.17) is 16.3 Å². The molecule has 0 aliphatic heterocycles. The van der Waals surface area contributed by atoms with E-state index in [1.165, 1.54) is 0 Å². The molecule has 8 nitrogen and oxygen atoms in total. The third kappa shape index (κ3) is 5.89. The number of amides is 3. The summed E-state index contributed by atoms with van der Waals surface area (Å²) in [6, 6.07) is 6.94. The molecule has 162 valence electrons. The molecule has 30 heavy (non-hydrogen) atoms. The summed E-state index contributed by atoms with van der Waals surface area (Å²) >= 11 is 5.96. The lowest BCUT2D eigenvalue weighted by Gasteiger charge is -2.29. The van der Waals surface area contributed by atoms with Crippen LogP contribution in [-0.2, 0) is 9.53 Å². The van der Waals surface area contributed by atoms with E-state index in [0.29, 0.717) is 36.4 Å². The van der Waals surface area contributed by atoms with Crippen molar-refractivity contribution in [3.63, 3.8) is 0 Å². The van der Waals surface area contributed by atoms with E-state index in [1.807, 2.05) is 20.8 Å². The molecule has 1 saturated carbocycles. The van der Waals surface area contributed by atoms with Gasteiger partial charge in [0.25, 0.3) is 5.91 Å². The molecule has 1 aromatic heterocycles. The zero-order valence-electron chi connectivity index (χ0n) is 17.3. The first-order valence-corrected chi connectivity index (χ1v) is 10.4. The summed E-state index contributed by atoms with van der Waals surface area (Å²) < 4.78 is 5.26. The van der Waals surface area contributed by atoms with Gasteiger partial charge in [0.15, 0.2) is 0 Å². The van der Waals surface area contributed by atoms with Crippen molar-refractivity contribution in [2.45, 2.75) is 58.1 Å². The molecule has 1 heterocycles. The maximum Gasteiger partial charge on any atom is 0.407 e. The zero-order valence-corrected chi connectivity index (χ0v) is 18.1. The molecule has 1 aromatic carbocycles. The van der Waals surface area contributed by atoms with E-state index in [0.717, 1.165) is 10.9 Å². The quantitative estimate of drug-likeness (QED) is 0.552. The van der Waals surface area contributed by atoms with Gasteiger partial charge < -0.3 is 15.0 Å². The number of fused-ring (bicyclic) bond motifs is 1. The van der Waals surface area contributed by atoms with Crippen LogP contribution in [0.15, 0.2) is 24.3 Å². The summed E-state index contributed by atoms with van der Waals surface area (Å²) in [6.07, 6.45) is 2.14. The Kier molecular flexibility index (Phi) is 6.55. The lowest BCUT2D eigenvalue weighted by atomic mass is 9.85. The predicted octanol–water partition coefficient (Wildman–Crippen LogP) is 3.67. The van der Waals surface area contributed by atoms with Crippen molar-refractivity contribution in [2.75, 3.05) is 0 Å². The molecule has 0 radical (unpaired) electrons. The number of H-pyrrole nitrogens is 1. The van der Waals surface area contributed by atoms with E-state index in [9.17, 15) is 14.4 Å². The van der Waals surface area contributed by atoms with E-state index in [2.05, 4.69) is 21.2 Å². The highest BCUT2D eigenvalue weighted by Gasteiger charge is 2.28. The highest BCUT2D eigenvalue weighted by Crippen LogP contribution is 2.25. The first-order chi connectivity index (χ1) is 14.1. The van der Waals surface area contributed by atoms with E-state index in [-0.39, 0.29) is 17.9 Å². The monoisotopic (exact) mass is 434 g/mol. The normalized spacial score (nSPS) is 19.2. The Labute approximate surface area is 180 Å². The second kappa shape index (κ2) is 8.95. The standard InChI is InChI=1S/C21H27ClN4O4/c1-21(2,3)30-20(29)23-15-7-4-12(5-8-15)18(27)25-26-19(28)17-11-13-10-14(22)6-9-16(13)24-17/h6,9-12,15,24H,4-5,7-8H2,1-3H3,(H,23,29)(H,25,27)(H,26,28). The fraction of sp³-hybridized carbons (Fsp3) is 0.476. The summed E-state index contributed by atoms with van der Waals surface area (Å²) in [6.45, 7) is 5.44. The van der Waals surface area contributed by atoms with Crippen LogP contribution >= 0.6 is 11.6 Å². The van der Waals surface area contributed by atoms with Gasteiger partial charge in [-0.25, -0.2) is 4.79 Å². The van der Waals surface area contributed by atoms with Crippen LogP contribution in [0, 0.1) is 5.92 Å². The molecule has 0 unspecified atom stereocenters. The van der Waals surface area contributed by atoms with Gasteiger partial charge in [0.1, 0.15) is 11.3 Å². The lowest BCUT2D eigenvalue weighted by molar-refractivity contribution is -0.126. The first-order valence-electron chi connectivity index (χ1n) is 9.99. The number of carbonyl (C=O) groups is 3. The number of benzene rings is 1. The fourth-order valence-electron chi connectivity index (χ4n) is 3.49. The number of nitrogens with one attached hydrogen (secondary N) is 4. The SMILES string of the molecule is CC(C)(C)OC(=O)NC1CCC(C(=O)NNC(=O)c2cc3cc(Cl)ccc3[nH]2)CC1. The summed E-state index contributed by atoms with van der Waals surface area (Å²) in [4.78, 5) is 39.6. The molecular weight excluding hydrogens is 408 g/mol. The summed E-state index contributed by atoms with van der Waals surface area (Å²) in [5, 5.41) is 4.24. The Morgan fingerprint density at radius 2 is 1.77 bits per heavy atom. The van der Waals surface area contributed by atoms with Gasteiger partial charge in [-0.2, -0.15) is 0 Å². The van der Waals surface area contributed by atoms with Gasteiger partial charge in [0.2, 0.25) is 5.91 Å². The van der Waals surface area contributed by atoms with Crippen LogP contribution < -0.4 is 16.2 Å². The molecule has 9 heteroatoms. The van der Waals surface area contributed by atoms with Gasteiger partial charge in [-0.3, -0.25) is 20.4 Å². The molecule has 1 fully saturated rings. The van der Waals surface area contributed by atoms with Crippen LogP contribution in [0.1, 0.15) is 56.9 Å². The molecule has 1 aliphatic carbocycles. The number of hydrazine groups is 1. The molecule has 3 amide bonds. The second-order valence-corrected chi connectivity index (χ2v) is 8.99. The van der Waals surface area contributed by atoms with Crippen LogP contribution in [0.5, 0.6) is 0 Å². The Morgan fingerprint density at radius 1 is 1.07 bits per heavy atom. The number of hydrogen-bond acceptors (Lipinski definition) is 4. The topological polar surface area (TPSA) is 112 Å². The van der Waals surface area contributed by atoms with Crippen molar-refractivity contribution in [1.29, 1.82) is 0 Å². The minimum atomic E-state index is -0.545. The van der Waals surface area contributed by atoms with Crippen molar-refractivity contribution < 1.29 is 19.1 Å². The number of halogens is 1. The van der Waals surface area contributed by atoms with Crippen molar-refractivity contribution in [2.24, 2.45) is 5.92 Å². The molecular formula is C21H27ClN4O4. The van der Waals surface area contributed by atoms with Crippen molar-refractivity contribution in [3.05, 3.63) is 35.0 Å². The van der Waals surface area contributed by atoms with Crippen LogP contribution in [0.2, 0.25) is 5.02 Å². The Balaban J connectivity index is 1.44. The highest BCUT2D eigenvalue weighted by atomic mass is 35.5. The number of carbonyl (C=O) groups excluding carboxylic acids is 3. The number of ether oxygens (including phenoxy) is 1. The molecule has 0 spiro atoms. The lowest BCUT2D eigenvalue weighted by Crippen LogP contribution is -2.47. The summed E-state index contributed by atoms with van der Waals surface area (Å²) in [7, 11) is 0. The third-order valence-electron chi connectivity index (χ3n) is 4.95. The average molecular weight is 435 g/mol. The Morgan fingerprint density at radius 3 is 2.43 bits per heavy atom. The largest absolute Gasteiger partial charge is 0.444 e. The van der Waals surface area contributed by atoms with Gasteiger partial charge in [0.05, 0.1) is 0 Å². The minimum absolute atomic E-state index is 0.0170. The molecule has 4 N–H and O–H groups in total. The molecule has 3 rings (SSSR count). The summed E-state index contributed by atoms with van der Waals surface area (Å²) in [5.41, 5.74) is 5.52.